The molecule has 1 rings (SSSR count). The van der Waals surface area contributed by atoms with Crippen LogP contribution in [0.3, 0.4) is 0 Å². The van der Waals surface area contributed by atoms with Crippen LogP contribution in [0.4, 0.5) is 0 Å². The molecule has 1 nitrogen and oxygen atoms in total. The number of nitrogens with zero attached hydrogens (tertiary/aromatic N) is 1. The van der Waals surface area contributed by atoms with Gasteiger partial charge >= 0.3 is 0 Å². The van der Waals surface area contributed by atoms with Crippen molar-refractivity contribution in [3.05, 3.63) is 0 Å². The third-order valence-electron chi connectivity index (χ3n) is 4.03. The molecule has 0 radical (unpaired) electrons. The van der Waals surface area contributed by atoms with E-state index in [0.29, 0.717) is 5.54 Å². The second-order valence-electron chi connectivity index (χ2n) is 6.45. The van der Waals surface area contributed by atoms with E-state index in [0.717, 1.165) is 5.92 Å². The lowest BCUT2D eigenvalue weighted by Crippen LogP contribution is -2.46. The molecule has 96 valence electrons. The zero-order chi connectivity index (χ0) is 12.0. The van der Waals surface area contributed by atoms with Crippen molar-refractivity contribution in [3.8, 4) is 0 Å². The van der Waals surface area contributed by atoms with Gasteiger partial charge in [-0.2, -0.15) is 0 Å². The summed E-state index contributed by atoms with van der Waals surface area (Å²) in [7, 11) is 0. The Balaban J connectivity index is 2.12. The molecule has 0 saturated carbocycles. The molecular weight excluding hydrogens is 194 g/mol. The summed E-state index contributed by atoms with van der Waals surface area (Å²) >= 11 is 0. The van der Waals surface area contributed by atoms with E-state index in [1.807, 2.05) is 0 Å². The summed E-state index contributed by atoms with van der Waals surface area (Å²) < 4.78 is 0. The Morgan fingerprint density at radius 1 is 1.00 bits per heavy atom. The third kappa shape index (κ3) is 4.86. The molecule has 0 amide bonds. The Morgan fingerprint density at radius 3 is 2.12 bits per heavy atom. The van der Waals surface area contributed by atoms with Gasteiger partial charge in [0.05, 0.1) is 0 Å². The predicted molar refractivity (Wildman–Crippen MR) is 72.8 cm³/mol. The molecule has 1 aliphatic heterocycles. The lowest BCUT2D eigenvalue weighted by Gasteiger charge is -2.41. The number of piperidine rings is 1. The van der Waals surface area contributed by atoms with E-state index >= 15 is 0 Å². The highest BCUT2D eigenvalue weighted by Gasteiger charge is 2.26. The molecule has 0 N–H and O–H groups in total. The van der Waals surface area contributed by atoms with Crippen molar-refractivity contribution in [1.29, 1.82) is 0 Å². The molecule has 1 heteroatoms. The molecule has 0 aromatic carbocycles. The summed E-state index contributed by atoms with van der Waals surface area (Å²) in [5, 5.41) is 0. The average Bonchev–Trinajstić information content (AvgIpc) is 2.24. The Hall–Kier alpha value is -0.0400. The topological polar surface area (TPSA) is 3.24 Å². The van der Waals surface area contributed by atoms with E-state index in [9.17, 15) is 0 Å². The van der Waals surface area contributed by atoms with Gasteiger partial charge in [0.1, 0.15) is 0 Å². The largest absolute Gasteiger partial charge is 0.298 e. The van der Waals surface area contributed by atoms with Gasteiger partial charge in [-0.25, -0.2) is 0 Å². The van der Waals surface area contributed by atoms with Crippen LogP contribution in [-0.4, -0.2) is 23.5 Å². The van der Waals surface area contributed by atoms with Crippen molar-refractivity contribution in [2.75, 3.05) is 13.1 Å². The number of unbranched alkanes of at least 4 members (excludes halogenated alkanes) is 3. The minimum Gasteiger partial charge on any atom is -0.298 e. The van der Waals surface area contributed by atoms with Crippen molar-refractivity contribution in [3.63, 3.8) is 0 Å². The SMILES string of the molecule is CCCCCCC1CCN(C(C)(C)C)CC1. The predicted octanol–water partition coefficient (Wildman–Crippen LogP) is 4.47. The van der Waals surface area contributed by atoms with Gasteiger partial charge in [0.25, 0.3) is 0 Å². The van der Waals surface area contributed by atoms with Crippen molar-refractivity contribution >= 4 is 0 Å². The standard InChI is InChI=1S/C15H31N/c1-5-6-7-8-9-14-10-12-16(13-11-14)15(2,3)4/h14H,5-13H2,1-4H3. The normalized spacial score (nSPS) is 20.2. The quantitative estimate of drug-likeness (QED) is 0.624. The highest BCUT2D eigenvalue weighted by molar-refractivity contribution is 4.81. The summed E-state index contributed by atoms with van der Waals surface area (Å²) in [5.41, 5.74) is 0.382. The second kappa shape index (κ2) is 6.64. The molecule has 1 fully saturated rings. The van der Waals surface area contributed by atoms with Crippen LogP contribution in [0.5, 0.6) is 0 Å². The van der Waals surface area contributed by atoms with E-state index in [4.69, 9.17) is 0 Å². The second-order valence-corrected chi connectivity index (χ2v) is 6.45. The van der Waals surface area contributed by atoms with Crippen LogP contribution < -0.4 is 0 Å². The molecule has 0 atom stereocenters. The van der Waals surface area contributed by atoms with Crippen molar-refractivity contribution < 1.29 is 0 Å². The van der Waals surface area contributed by atoms with Gasteiger partial charge in [-0.05, 0) is 52.6 Å². The van der Waals surface area contributed by atoms with E-state index < -0.39 is 0 Å². The molecule has 1 aliphatic rings. The fourth-order valence-electron chi connectivity index (χ4n) is 2.75. The lowest BCUT2D eigenvalue weighted by molar-refractivity contribution is 0.0847. The fourth-order valence-corrected chi connectivity index (χ4v) is 2.75. The monoisotopic (exact) mass is 225 g/mol. The molecule has 0 spiro atoms. The summed E-state index contributed by atoms with van der Waals surface area (Å²) in [6.45, 7) is 12.0. The first kappa shape index (κ1) is 14.0. The van der Waals surface area contributed by atoms with E-state index in [1.165, 1.54) is 58.0 Å². The molecule has 16 heavy (non-hydrogen) atoms. The molecule has 0 unspecified atom stereocenters. The van der Waals surface area contributed by atoms with Crippen molar-refractivity contribution in [2.45, 2.75) is 78.2 Å². The number of hydrogen-bond donors (Lipinski definition) is 0. The fraction of sp³-hybridized carbons (Fsp3) is 1.00. The van der Waals surface area contributed by atoms with E-state index in [-0.39, 0.29) is 0 Å². The Bertz CT molecular complexity index is 172. The number of rotatable bonds is 5. The van der Waals surface area contributed by atoms with Gasteiger partial charge in [0, 0.05) is 5.54 Å². The summed E-state index contributed by atoms with van der Waals surface area (Å²) in [4.78, 5) is 2.65. The van der Waals surface area contributed by atoms with Gasteiger partial charge < -0.3 is 0 Å². The van der Waals surface area contributed by atoms with E-state index in [2.05, 4.69) is 32.6 Å². The maximum atomic E-state index is 2.65. The van der Waals surface area contributed by atoms with Crippen LogP contribution in [0.1, 0.15) is 72.6 Å². The van der Waals surface area contributed by atoms with Crippen LogP contribution in [-0.2, 0) is 0 Å². The number of likely N-dealkylation sites (tertiary alicyclic amines) is 1. The summed E-state index contributed by atoms with van der Waals surface area (Å²) in [6, 6.07) is 0. The maximum Gasteiger partial charge on any atom is 0.0125 e. The van der Waals surface area contributed by atoms with E-state index in [1.54, 1.807) is 0 Å². The minimum atomic E-state index is 0.382. The summed E-state index contributed by atoms with van der Waals surface area (Å²) in [6.07, 6.45) is 10.1. The lowest BCUT2D eigenvalue weighted by atomic mass is 9.89. The molecular formula is C15H31N. The average molecular weight is 225 g/mol. The first-order valence-electron chi connectivity index (χ1n) is 7.29. The van der Waals surface area contributed by atoms with Crippen LogP contribution >= 0.6 is 0 Å². The Morgan fingerprint density at radius 2 is 1.62 bits per heavy atom. The molecule has 0 aromatic rings. The maximum absolute atomic E-state index is 2.65. The molecule has 0 aliphatic carbocycles. The Labute approximate surface area is 103 Å². The molecule has 0 aromatic heterocycles. The zero-order valence-electron chi connectivity index (χ0n) is 11.9. The van der Waals surface area contributed by atoms with Crippen LogP contribution in [0, 0.1) is 5.92 Å². The molecule has 0 bridgehead atoms. The Kier molecular flexibility index (Phi) is 5.82. The van der Waals surface area contributed by atoms with Crippen molar-refractivity contribution in [1.82, 2.24) is 4.90 Å². The first-order chi connectivity index (χ1) is 7.54. The highest BCUT2D eigenvalue weighted by atomic mass is 15.2. The van der Waals surface area contributed by atoms with Crippen LogP contribution in [0.2, 0.25) is 0 Å². The smallest absolute Gasteiger partial charge is 0.0125 e. The van der Waals surface area contributed by atoms with Gasteiger partial charge in [-0.15, -0.1) is 0 Å². The van der Waals surface area contributed by atoms with Gasteiger partial charge in [0.15, 0.2) is 0 Å². The third-order valence-corrected chi connectivity index (χ3v) is 4.03. The van der Waals surface area contributed by atoms with Crippen LogP contribution in [0.15, 0.2) is 0 Å². The molecule has 1 heterocycles. The molecule has 1 saturated heterocycles. The first-order valence-corrected chi connectivity index (χ1v) is 7.29. The van der Waals surface area contributed by atoms with Gasteiger partial charge in [-0.1, -0.05) is 39.0 Å². The van der Waals surface area contributed by atoms with Crippen LogP contribution in [0.25, 0.3) is 0 Å². The number of hydrogen-bond acceptors (Lipinski definition) is 1. The highest BCUT2D eigenvalue weighted by Crippen LogP contribution is 2.27. The van der Waals surface area contributed by atoms with Gasteiger partial charge in [0.2, 0.25) is 0 Å². The van der Waals surface area contributed by atoms with Crippen molar-refractivity contribution in [2.24, 2.45) is 5.92 Å². The van der Waals surface area contributed by atoms with Gasteiger partial charge in [-0.3, -0.25) is 4.90 Å². The zero-order valence-corrected chi connectivity index (χ0v) is 11.9. The summed E-state index contributed by atoms with van der Waals surface area (Å²) in [5.74, 6) is 1.02. The minimum absolute atomic E-state index is 0.382.